The second-order valence-corrected chi connectivity index (χ2v) is 15.1. The first-order chi connectivity index (χ1) is 28.1. The van der Waals surface area contributed by atoms with Gasteiger partial charge in [-0.2, -0.15) is 0 Å². The summed E-state index contributed by atoms with van der Waals surface area (Å²) in [7, 11) is 0. The lowest BCUT2D eigenvalue weighted by Crippen LogP contribution is -2.22. The lowest BCUT2D eigenvalue weighted by atomic mass is 9.74. The summed E-state index contributed by atoms with van der Waals surface area (Å²) in [5, 5.41) is 2.22. The summed E-state index contributed by atoms with van der Waals surface area (Å²) in [6.45, 7) is 2.35. The fourth-order valence-corrected chi connectivity index (χ4v) is 8.84. The van der Waals surface area contributed by atoms with Crippen LogP contribution in [0.3, 0.4) is 0 Å². The SMILES string of the molecule is CC1(c2ccc(-c3cc(-c4cc(-c5ccccc5)cc(-c5ccc6oc7ccccc7c6c5)c4)nc(-c4ccccc4)n3)cc2)c2ccccc2-c2ccccc21. The molecule has 0 saturated heterocycles. The summed E-state index contributed by atoms with van der Waals surface area (Å²) in [5.74, 6) is 0.690. The van der Waals surface area contributed by atoms with Gasteiger partial charge in [0.05, 0.1) is 11.4 Å². The molecule has 2 aromatic heterocycles. The van der Waals surface area contributed by atoms with Crippen molar-refractivity contribution in [3.8, 4) is 67.3 Å². The van der Waals surface area contributed by atoms with Crippen molar-refractivity contribution in [3.05, 3.63) is 217 Å². The van der Waals surface area contributed by atoms with Gasteiger partial charge in [0.15, 0.2) is 5.82 Å². The third kappa shape index (κ3) is 5.50. The van der Waals surface area contributed by atoms with E-state index in [-0.39, 0.29) is 5.41 Å². The summed E-state index contributed by atoms with van der Waals surface area (Å²) in [4.78, 5) is 10.5. The van der Waals surface area contributed by atoms with Gasteiger partial charge in [-0.05, 0) is 99.5 Å². The third-order valence-corrected chi connectivity index (χ3v) is 11.8. The molecule has 0 spiro atoms. The van der Waals surface area contributed by atoms with E-state index in [9.17, 15) is 0 Å². The zero-order valence-corrected chi connectivity index (χ0v) is 31.4. The normalized spacial score (nSPS) is 12.8. The van der Waals surface area contributed by atoms with Gasteiger partial charge >= 0.3 is 0 Å². The minimum absolute atomic E-state index is 0.266. The van der Waals surface area contributed by atoms with E-state index >= 15 is 0 Å². The molecule has 11 rings (SSSR count). The predicted molar refractivity (Wildman–Crippen MR) is 234 cm³/mol. The topological polar surface area (TPSA) is 38.9 Å². The highest BCUT2D eigenvalue weighted by Gasteiger charge is 2.40. The average Bonchev–Trinajstić information content (AvgIpc) is 3.79. The van der Waals surface area contributed by atoms with Crippen molar-refractivity contribution in [3.63, 3.8) is 0 Å². The summed E-state index contributed by atoms with van der Waals surface area (Å²) >= 11 is 0. The highest BCUT2D eigenvalue weighted by molar-refractivity contribution is 6.06. The van der Waals surface area contributed by atoms with Crippen LogP contribution in [0, 0.1) is 0 Å². The monoisotopic (exact) mass is 728 g/mol. The fraction of sp³-hybridized carbons (Fsp3) is 0.0370. The molecule has 10 aromatic rings. The second kappa shape index (κ2) is 13.1. The van der Waals surface area contributed by atoms with E-state index in [0.29, 0.717) is 5.82 Å². The zero-order chi connectivity index (χ0) is 37.9. The number of aromatic nitrogens is 2. The van der Waals surface area contributed by atoms with Gasteiger partial charge in [0.25, 0.3) is 0 Å². The molecule has 3 heteroatoms. The van der Waals surface area contributed by atoms with Crippen molar-refractivity contribution in [2.45, 2.75) is 12.3 Å². The van der Waals surface area contributed by atoms with Crippen LogP contribution in [0.4, 0.5) is 0 Å². The molecule has 0 bridgehead atoms. The number of rotatable bonds is 6. The third-order valence-electron chi connectivity index (χ3n) is 11.8. The van der Waals surface area contributed by atoms with Crippen LogP contribution in [-0.2, 0) is 5.41 Å². The Morgan fingerprint density at radius 2 is 0.895 bits per heavy atom. The Morgan fingerprint density at radius 1 is 0.368 bits per heavy atom. The number of furan rings is 1. The number of fused-ring (bicyclic) bond motifs is 6. The molecule has 0 atom stereocenters. The molecule has 1 aliphatic carbocycles. The molecule has 0 radical (unpaired) electrons. The molecular weight excluding hydrogens is 693 g/mol. The molecule has 57 heavy (non-hydrogen) atoms. The highest BCUT2D eigenvalue weighted by Crippen LogP contribution is 2.52. The lowest BCUT2D eigenvalue weighted by molar-refractivity contribution is 0.669. The molecule has 3 nitrogen and oxygen atoms in total. The van der Waals surface area contributed by atoms with E-state index in [1.165, 1.54) is 27.8 Å². The van der Waals surface area contributed by atoms with Crippen LogP contribution in [0.2, 0.25) is 0 Å². The van der Waals surface area contributed by atoms with E-state index < -0.39 is 0 Å². The molecule has 268 valence electrons. The van der Waals surface area contributed by atoms with Gasteiger partial charge in [-0.1, -0.05) is 158 Å². The molecule has 0 unspecified atom stereocenters. The van der Waals surface area contributed by atoms with Crippen molar-refractivity contribution in [2.24, 2.45) is 0 Å². The van der Waals surface area contributed by atoms with Crippen molar-refractivity contribution >= 4 is 21.9 Å². The molecular formula is C54H36N2O. The van der Waals surface area contributed by atoms with Gasteiger partial charge in [-0.3, -0.25) is 0 Å². The first-order valence-electron chi connectivity index (χ1n) is 19.5. The Balaban J connectivity index is 1.06. The summed E-state index contributed by atoms with van der Waals surface area (Å²) < 4.78 is 6.20. The van der Waals surface area contributed by atoms with Crippen LogP contribution < -0.4 is 0 Å². The van der Waals surface area contributed by atoms with Crippen molar-refractivity contribution < 1.29 is 4.42 Å². The van der Waals surface area contributed by atoms with Gasteiger partial charge in [0, 0.05) is 32.9 Å². The van der Waals surface area contributed by atoms with Crippen molar-refractivity contribution in [2.75, 3.05) is 0 Å². The molecule has 8 aromatic carbocycles. The van der Waals surface area contributed by atoms with E-state index in [0.717, 1.165) is 72.3 Å². The predicted octanol–water partition coefficient (Wildman–Crippen LogP) is 14.0. The fourth-order valence-electron chi connectivity index (χ4n) is 8.84. The minimum Gasteiger partial charge on any atom is -0.456 e. The molecule has 0 N–H and O–H groups in total. The second-order valence-electron chi connectivity index (χ2n) is 15.1. The first-order valence-corrected chi connectivity index (χ1v) is 19.5. The van der Waals surface area contributed by atoms with Gasteiger partial charge in [0.2, 0.25) is 0 Å². The van der Waals surface area contributed by atoms with E-state index in [1.807, 2.05) is 30.3 Å². The minimum atomic E-state index is -0.266. The molecule has 0 aliphatic heterocycles. The van der Waals surface area contributed by atoms with Crippen molar-refractivity contribution in [1.82, 2.24) is 9.97 Å². The molecule has 0 fully saturated rings. The van der Waals surface area contributed by atoms with Gasteiger partial charge in [0.1, 0.15) is 11.2 Å². The number of nitrogens with zero attached hydrogens (tertiary/aromatic N) is 2. The van der Waals surface area contributed by atoms with E-state index in [2.05, 4.69) is 177 Å². The number of para-hydroxylation sites is 1. The smallest absolute Gasteiger partial charge is 0.160 e. The Bertz CT molecular complexity index is 3080. The summed E-state index contributed by atoms with van der Waals surface area (Å²) in [5.41, 5.74) is 17.3. The average molecular weight is 729 g/mol. The molecule has 2 heterocycles. The Kier molecular flexibility index (Phi) is 7.61. The highest BCUT2D eigenvalue weighted by atomic mass is 16.3. The van der Waals surface area contributed by atoms with Crippen LogP contribution in [0.15, 0.2) is 205 Å². The first kappa shape index (κ1) is 33.0. The maximum Gasteiger partial charge on any atom is 0.160 e. The Morgan fingerprint density at radius 3 is 1.60 bits per heavy atom. The molecule has 0 saturated carbocycles. The number of hydrogen-bond donors (Lipinski definition) is 0. The summed E-state index contributed by atoms with van der Waals surface area (Å²) in [6, 6.07) is 71.2. The van der Waals surface area contributed by atoms with Gasteiger partial charge in [-0.15, -0.1) is 0 Å². The van der Waals surface area contributed by atoms with E-state index in [1.54, 1.807) is 0 Å². The molecule has 1 aliphatic rings. The maximum atomic E-state index is 6.20. The number of benzene rings is 8. The van der Waals surface area contributed by atoms with Crippen LogP contribution >= 0.6 is 0 Å². The quantitative estimate of drug-likeness (QED) is 0.171. The summed E-state index contributed by atoms with van der Waals surface area (Å²) in [6.07, 6.45) is 0. The van der Waals surface area contributed by atoms with Gasteiger partial charge in [-0.25, -0.2) is 9.97 Å². The van der Waals surface area contributed by atoms with E-state index in [4.69, 9.17) is 14.4 Å². The van der Waals surface area contributed by atoms with Crippen LogP contribution in [-0.4, -0.2) is 9.97 Å². The maximum absolute atomic E-state index is 6.20. The Labute approximate surface area is 331 Å². The van der Waals surface area contributed by atoms with Crippen LogP contribution in [0.1, 0.15) is 23.6 Å². The van der Waals surface area contributed by atoms with Crippen LogP contribution in [0.5, 0.6) is 0 Å². The Hall–Kier alpha value is -7.36. The lowest BCUT2D eigenvalue weighted by Gasteiger charge is -2.28. The largest absolute Gasteiger partial charge is 0.456 e. The zero-order valence-electron chi connectivity index (χ0n) is 31.4. The standard InChI is InChI=1S/C54H36N2O/c1-54(47-21-11-8-18-43(47)44-19-9-12-22-48(44)54)42-27-24-36(25-28-42)49-34-50(56-53(55-49)37-16-6-3-7-17-37)41-31-39(35-14-4-2-5-15-35)30-40(32-41)38-26-29-52-46(33-38)45-20-10-13-23-51(45)57-52/h2-34H,1H3. The molecule has 0 amide bonds. The van der Waals surface area contributed by atoms with Crippen molar-refractivity contribution in [1.29, 1.82) is 0 Å². The number of hydrogen-bond acceptors (Lipinski definition) is 3. The van der Waals surface area contributed by atoms with Crippen LogP contribution in [0.25, 0.3) is 89.2 Å². The van der Waals surface area contributed by atoms with Gasteiger partial charge < -0.3 is 4.42 Å².